The zero-order valence-electron chi connectivity index (χ0n) is 26.7. The van der Waals surface area contributed by atoms with Crippen molar-refractivity contribution in [3.63, 3.8) is 0 Å². The number of carbonyl (C=O) groups excluding carboxylic acids is 2. The minimum atomic E-state index is 0.250. The molecule has 46 heavy (non-hydrogen) atoms. The fraction of sp³-hybridized carbons (Fsp3) is 0.351. The van der Waals surface area contributed by atoms with Gasteiger partial charge in [0.05, 0.1) is 17.6 Å². The summed E-state index contributed by atoms with van der Waals surface area (Å²) in [5, 5.41) is 9.31. The highest BCUT2D eigenvalue weighted by Crippen LogP contribution is 2.24. The van der Waals surface area contributed by atoms with Crippen molar-refractivity contribution in [2.75, 3.05) is 50.0 Å². The number of aromatic nitrogens is 3. The van der Waals surface area contributed by atoms with Crippen LogP contribution in [0.3, 0.4) is 0 Å². The highest BCUT2D eigenvalue weighted by atomic mass is 16.5. The second-order valence-corrected chi connectivity index (χ2v) is 11.1. The van der Waals surface area contributed by atoms with Crippen LogP contribution in [0.25, 0.3) is 21.8 Å². The van der Waals surface area contributed by atoms with Gasteiger partial charge in [0.15, 0.2) is 0 Å². The van der Waals surface area contributed by atoms with Crippen molar-refractivity contribution in [2.24, 2.45) is 0 Å². The molecule has 9 nitrogen and oxygen atoms in total. The van der Waals surface area contributed by atoms with Crippen LogP contribution < -0.4 is 15.4 Å². The van der Waals surface area contributed by atoms with Crippen LogP contribution in [0.2, 0.25) is 0 Å². The average Bonchev–Trinajstić information content (AvgIpc) is 3.09. The summed E-state index contributed by atoms with van der Waals surface area (Å²) >= 11 is 0. The summed E-state index contributed by atoms with van der Waals surface area (Å²) in [5.41, 5.74) is 4.45. The number of ether oxygens (including phenoxy) is 1. The Morgan fingerprint density at radius 2 is 1.50 bits per heavy atom. The van der Waals surface area contributed by atoms with Crippen LogP contribution in [0.1, 0.15) is 44.6 Å². The minimum Gasteiger partial charge on any atom is -0.493 e. The maximum atomic E-state index is 8.12. The molecule has 3 aromatic carbocycles. The van der Waals surface area contributed by atoms with Crippen LogP contribution in [0, 0.1) is 0 Å². The molecule has 2 heterocycles. The van der Waals surface area contributed by atoms with Crippen molar-refractivity contribution in [1.29, 1.82) is 0 Å². The molecule has 2 N–H and O–H groups in total. The van der Waals surface area contributed by atoms with E-state index in [-0.39, 0.29) is 6.15 Å². The second kappa shape index (κ2) is 19.5. The van der Waals surface area contributed by atoms with E-state index in [0.29, 0.717) is 6.61 Å². The van der Waals surface area contributed by atoms with Crippen LogP contribution in [-0.2, 0) is 16.0 Å². The van der Waals surface area contributed by atoms with E-state index in [9.17, 15) is 0 Å². The van der Waals surface area contributed by atoms with E-state index in [1.807, 2.05) is 24.4 Å². The third kappa shape index (κ3) is 10.9. The maximum Gasteiger partial charge on any atom is 0.373 e. The van der Waals surface area contributed by atoms with Crippen LogP contribution in [-0.4, -0.2) is 65.3 Å². The molecule has 0 aliphatic carbocycles. The molecule has 0 spiro atoms. The molecule has 0 unspecified atom stereocenters. The van der Waals surface area contributed by atoms with Gasteiger partial charge in [-0.2, -0.15) is 9.59 Å². The summed E-state index contributed by atoms with van der Waals surface area (Å²) in [6.45, 7) is 7.98. The Morgan fingerprint density at radius 3 is 2.35 bits per heavy atom. The summed E-state index contributed by atoms with van der Waals surface area (Å²) in [6, 6.07) is 27.1. The molecule has 5 aromatic rings. The van der Waals surface area contributed by atoms with Crippen LogP contribution in [0.15, 0.2) is 91.4 Å². The molecule has 0 bridgehead atoms. The van der Waals surface area contributed by atoms with Crippen molar-refractivity contribution in [2.45, 2.75) is 45.4 Å². The van der Waals surface area contributed by atoms with Crippen molar-refractivity contribution in [3.05, 3.63) is 97.0 Å². The number of aryl methyl sites for hydroxylation is 1. The van der Waals surface area contributed by atoms with Gasteiger partial charge in [0, 0.05) is 48.4 Å². The van der Waals surface area contributed by atoms with E-state index in [4.69, 9.17) is 14.3 Å². The Labute approximate surface area is 271 Å². The Morgan fingerprint density at radius 1 is 0.739 bits per heavy atom. The van der Waals surface area contributed by atoms with Crippen molar-refractivity contribution in [1.82, 2.24) is 19.9 Å². The number of hydrogen-bond acceptors (Lipinski definition) is 9. The normalized spacial score (nSPS) is 10.7. The predicted octanol–water partition coefficient (Wildman–Crippen LogP) is 7.01. The van der Waals surface area contributed by atoms with Gasteiger partial charge in [0.2, 0.25) is 0 Å². The molecule has 0 saturated heterocycles. The van der Waals surface area contributed by atoms with Gasteiger partial charge in [-0.05, 0) is 75.0 Å². The largest absolute Gasteiger partial charge is 0.493 e. The Hall–Kier alpha value is -4.85. The van der Waals surface area contributed by atoms with Crippen molar-refractivity contribution in [3.8, 4) is 5.75 Å². The van der Waals surface area contributed by atoms with Gasteiger partial charge in [-0.15, -0.1) is 0 Å². The molecule has 0 fully saturated rings. The number of nitrogens with zero attached hydrogens (tertiary/aromatic N) is 4. The number of unbranched alkanes of at least 4 members (excludes halogenated alkanes) is 1. The van der Waals surface area contributed by atoms with Crippen LogP contribution in [0.5, 0.6) is 5.75 Å². The highest BCUT2D eigenvalue weighted by molar-refractivity contribution is 5.91. The zero-order valence-corrected chi connectivity index (χ0v) is 26.7. The van der Waals surface area contributed by atoms with Gasteiger partial charge in [-0.1, -0.05) is 61.9 Å². The summed E-state index contributed by atoms with van der Waals surface area (Å²) in [6.07, 6.45) is 10.4. The quantitative estimate of drug-likeness (QED) is 0.1000. The van der Waals surface area contributed by atoms with Gasteiger partial charge >= 0.3 is 6.15 Å². The van der Waals surface area contributed by atoms with Crippen LogP contribution >= 0.6 is 0 Å². The molecular formula is C37H44N6O3. The number of benzene rings is 3. The molecule has 0 aliphatic heterocycles. The smallest absolute Gasteiger partial charge is 0.373 e. The standard InChI is InChI=1S/C36H44N6O.CO2/c1-2-3-23-42(24-10-21-37-34-19-22-38-33-16-8-7-15-31(33)34)25-11-26-43-30-17-18-32-35(27-30)40-28-41-36(32)39-20-9-14-29-12-5-4-6-13-29;2-1-3/h4-8,12-13,15-19,22,27-28H,2-3,9-11,14,20-21,23-26H2,1H3,(H,37,38)(H,39,40,41);. The molecule has 0 saturated carbocycles. The van der Waals surface area contributed by atoms with Gasteiger partial charge in [-0.25, -0.2) is 9.97 Å². The van der Waals surface area contributed by atoms with Crippen molar-refractivity contribution >= 4 is 39.5 Å². The first kappa shape index (κ1) is 34.0. The zero-order chi connectivity index (χ0) is 32.2. The van der Waals surface area contributed by atoms with Gasteiger partial charge in [0.1, 0.15) is 17.9 Å². The van der Waals surface area contributed by atoms with E-state index in [1.54, 1.807) is 6.33 Å². The predicted molar refractivity (Wildman–Crippen MR) is 184 cm³/mol. The van der Waals surface area contributed by atoms with Crippen molar-refractivity contribution < 1.29 is 14.3 Å². The summed E-state index contributed by atoms with van der Waals surface area (Å²) in [5.74, 6) is 1.73. The third-order valence-corrected chi connectivity index (χ3v) is 7.72. The monoisotopic (exact) mass is 620 g/mol. The molecule has 0 atom stereocenters. The van der Waals surface area contributed by atoms with E-state index in [2.05, 4.69) is 98.1 Å². The van der Waals surface area contributed by atoms with Gasteiger partial charge in [-0.3, -0.25) is 4.98 Å². The first-order valence-electron chi connectivity index (χ1n) is 16.2. The fourth-order valence-corrected chi connectivity index (χ4v) is 5.38. The maximum absolute atomic E-state index is 8.12. The molecule has 2 aromatic heterocycles. The summed E-state index contributed by atoms with van der Waals surface area (Å²) < 4.78 is 6.16. The van der Waals surface area contributed by atoms with E-state index < -0.39 is 0 Å². The Balaban J connectivity index is 0.00000154. The average molecular weight is 621 g/mol. The molecule has 240 valence electrons. The van der Waals surface area contributed by atoms with E-state index in [1.165, 1.54) is 23.8 Å². The summed E-state index contributed by atoms with van der Waals surface area (Å²) in [4.78, 5) is 32.3. The SMILES string of the molecule is CCCCN(CCCNc1ccnc2ccccc12)CCCOc1ccc2c(NCCCc3ccccc3)ncnc2c1.O=C=O. The molecular weight excluding hydrogens is 576 g/mol. The number of para-hydroxylation sites is 1. The molecule has 9 heteroatoms. The summed E-state index contributed by atoms with van der Waals surface area (Å²) in [7, 11) is 0. The van der Waals surface area contributed by atoms with E-state index in [0.717, 1.165) is 92.1 Å². The lowest BCUT2D eigenvalue weighted by molar-refractivity contribution is -0.191. The highest BCUT2D eigenvalue weighted by Gasteiger charge is 2.08. The van der Waals surface area contributed by atoms with Gasteiger partial charge in [0.25, 0.3) is 0 Å². The third-order valence-electron chi connectivity index (χ3n) is 7.72. The lowest BCUT2D eigenvalue weighted by atomic mass is 10.1. The second-order valence-electron chi connectivity index (χ2n) is 11.1. The number of fused-ring (bicyclic) bond motifs is 2. The number of hydrogen-bond donors (Lipinski definition) is 2. The topological polar surface area (TPSA) is 109 Å². The van der Waals surface area contributed by atoms with Gasteiger partial charge < -0.3 is 20.3 Å². The Kier molecular flexibility index (Phi) is 14.4. The minimum absolute atomic E-state index is 0.250. The lowest BCUT2D eigenvalue weighted by Crippen LogP contribution is -2.29. The number of pyridine rings is 1. The number of rotatable bonds is 18. The number of anilines is 2. The molecule has 0 amide bonds. The first-order chi connectivity index (χ1) is 22.7. The molecule has 0 aliphatic rings. The van der Waals surface area contributed by atoms with E-state index >= 15 is 0 Å². The number of nitrogens with one attached hydrogen (secondary N) is 2. The first-order valence-corrected chi connectivity index (χ1v) is 16.2. The van der Waals surface area contributed by atoms with Crippen LogP contribution in [0.4, 0.5) is 11.5 Å². The fourth-order valence-electron chi connectivity index (χ4n) is 5.38. The lowest BCUT2D eigenvalue weighted by Gasteiger charge is -2.22. The Bertz CT molecular complexity index is 1640. The molecule has 0 radical (unpaired) electrons. The molecule has 5 rings (SSSR count).